The summed E-state index contributed by atoms with van der Waals surface area (Å²) in [7, 11) is 0. The van der Waals surface area contributed by atoms with Crippen molar-refractivity contribution in [1.29, 1.82) is 0 Å². The number of anilines is 1. The second-order valence-electron chi connectivity index (χ2n) is 5.17. The summed E-state index contributed by atoms with van der Waals surface area (Å²) in [6.07, 6.45) is 2.83. The van der Waals surface area contributed by atoms with Gasteiger partial charge in [0.1, 0.15) is 12.0 Å². The Morgan fingerprint density at radius 1 is 1.08 bits per heavy atom. The normalized spacial score (nSPS) is 11.8. The van der Waals surface area contributed by atoms with Crippen molar-refractivity contribution < 1.29 is 4.92 Å². The van der Waals surface area contributed by atoms with Crippen LogP contribution in [0.25, 0.3) is 0 Å². The summed E-state index contributed by atoms with van der Waals surface area (Å²) in [4.78, 5) is 18.7. The lowest BCUT2D eigenvalue weighted by molar-refractivity contribution is -0.385. The number of hydrogen-bond acceptors (Lipinski definition) is 5. The average molecular weight is 375 g/mol. The van der Waals surface area contributed by atoms with Crippen molar-refractivity contribution in [3.63, 3.8) is 0 Å². The molecule has 1 atom stereocenters. The van der Waals surface area contributed by atoms with E-state index in [1.165, 1.54) is 6.07 Å². The summed E-state index contributed by atoms with van der Waals surface area (Å²) in [6, 6.07) is 13.7. The Kier molecular flexibility index (Phi) is 5.11. The third kappa shape index (κ3) is 4.04. The highest BCUT2D eigenvalue weighted by Gasteiger charge is 2.19. The number of rotatable bonds is 5. The molecule has 2 aromatic heterocycles. The van der Waals surface area contributed by atoms with Gasteiger partial charge in [-0.2, -0.15) is 0 Å². The van der Waals surface area contributed by atoms with Gasteiger partial charge in [0.05, 0.1) is 21.7 Å². The molecule has 3 rings (SSSR count). The fourth-order valence-corrected chi connectivity index (χ4v) is 2.75. The first-order chi connectivity index (χ1) is 12.0. The maximum atomic E-state index is 10.8. The minimum absolute atomic E-state index is 0.150. The molecule has 2 heterocycles. The molecule has 1 aromatic carbocycles. The van der Waals surface area contributed by atoms with Crippen molar-refractivity contribution in [3.05, 3.63) is 92.3 Å². The summed E-state index contributed by atoms with van der Waals surface area (Å²) in [6.45, 7) is 0. The van der Waals surface area contributed by atoms with Crippen molar-refractivity contribution >= 4 is 34.7 Å². The fourth-order valence-electron chi connectivity index (χ4n) is 2.33. The Bertz CT molecular complexity index is 906. The number of aromatic nitrogens is 2. The lowest BCUT2D eigenvalue weighted by atomic mass is 10.0. The van der Waals surface area contributed by atoms with Crippen molar-refractivity contribution in [2.45, 2.75) is 6.04 Å². The maximum absolute atomic E-state index is 10.8. The van der Waals surface area contributed by atoms with Crippen LogP contribution >= 0.6 is 23.2 Å². The molecule has 0 saturated heterocycles. The number of hydrogen-bond donors (Lipinski definition) is 1. The van der Waals surface area contributed by atoms with Crippen LogP contribution in [0.1, 0.15) is 17.3 Å². The van der Waals surface area contributed by atoms with Crippen LogP contribution in [0.5, 0.6) is 0 Å². The van der Waals surface area contributed by atoms with E-state index in [4.69, 9.17) is 23.2 Å². The van der Waals surface area contributed by atoms with Crippen LogP contribution in [0.15, 0.2) is 60.9 Å². The fraction of sp³-hybridized carbons (Fsp3) is 0.0588. The van der Waals surface area contributed by atoms with Crippen molar-refractivity contribution in [2.24, 2.45) is 0 Å². The van der Waals surface area contributed by atoms with Gasteiger partial charge in [0, 0.05) is 17.3 Å². The summed E-state index contributed by atoms with van der Waals surface area (Å²) in [5.74, 6) is 0.322. The van der Waals surface area contributed by atoms with Crippen molar-refractivity contribution in [2.75, 3.05) is 5.32 Å². The summed E-state index contributed by atoms with van der Waals surface area (Å²) >= 11 is 12.2. The van der Waals surface area contributed by atoms with Gasteiger partial charge in [0.2, 0.25) is 0 Å². The van der Waals surface area contributed by atoms with Crippen LogP contribution in [-0.4, -0.2) is 14.9 Å². The maximum Gasteiger partial charge on any atom is 0.289 e. The van der Waals surface area contributed by atoms with Gasteiger partial charge in [-0.15, -0.1) is 0 Å². The monoisotopic (exact) mass is 374 g/mol. The molecule has 0 fully saturated rings. The SMILES string of the molecule is O=[N+]([O-])c1cnc(NC(c2cccc(Cl)c2)c2ccccn2)c(Cl)c1. The van der Waals surface area contributed by atoms with Gasteiger partial charge in [-0.1, -0.05) is 41.4 Å². The highest BCUT2D eigenvalue weighted by molar-refractivity contribution is 6.33. The van der Waals surface area contributed by atoms with E-state index in [1.54, 1.807) is 12.3 Å². The standard InChI is InChI=1S/C17H12Cl2N4O2/c18-12-5-3-4-11(8-12)16(15-6-1-2-7-20-15)22-17-14(19)9-13(10-21-17)23(24)25/h1-10,16H,(H,21,22). The van der Waals surface area contributed by atoms with Gasteiger partial charge in [-0.25, -0.2) is 4.98 Å². The number of benzene rings is 1. The highest BCUT2D eigenvalue weighted by atomic mass is 35.5. The van der Waals surface area contributed by atoms with E-state index < -0.39 is 4.92 Å². The molecule has 0 aliphatic heterocycles. The van der Waals surface area contributed by atoms with Crippen LogP contribution in [0.2, 0.25) is 10.0 Å². The Balaban J connectivity index is 2.00. The van der Waals surface area contributed by atoms with Gasteiger partial charge in [0.25, 0.3) is 5.69 Å². The van der Waals surface area contributed by atoms with Gasteiger partial charge in [-0.05, 0) is 29.8 Å². The molecule has 6 nitrogen and oxygen atoms in total. The number of nitro groups is 1. The smallest absolute Gasteiger partial charge is 0.289 e. The topological polar surface area (TPSA) is 81.0 Å². The van der Waals surface area contributed by atoms with Gasteiger partial charge >= 0.3 is 0 Å². The zero-order valence-corrected chi connectivity index (χ0v) is 14.3. The van der Waals surface area contributed by atoms with Crippen LogP contribution in [0, 0.1) is 10.1 Å². The molecule has 3 aromatic rings. The molecule has 126 valence electrons. The minimum atomic E-state index is -0.546. The summed E-state index contributed by atoms with van der Waals surface area (Å²) in [5, 5.41) is 14.8. The molecule has 25 heavy (non-hydrogen) atoms. The summed E-state index contributed by atoms with van der Waals surface area (Å²) < 4.78 is 0. The zero-order chi connectivity index (χ0) is 17.8. The molecule has 0 amide bonds. The molecule has 0 saturated carbocycles. The number of pyridine rings is 2. The zero-order valence-electron chi connectivity index (χ0n) is 12.8. The molecular formula is C17H12Cl2N4O2. The van der Waals surface area contributed by atoms with Gasteiger partial charge in [0.15, 0.2) is 0 Å². The van der Waals surface area contributed by atoms with E-state index in [9.17, 15) is 10.1 Å². The van der Waals surface area contributed by atoms with Gasteiger partial charge < -0.3 is 5.32 Å². The van der Waals surface area contributed by atoms with E-state index in [0.717, 1.165) is 17.5 Å². The van der Waals surface area contributed by atoms with E-state index in [-0.39, 0.29) is 16.8 Å². The minimum Gasteiger partial charge on any atom is -0.356 e. The summed E-state index contributed by atoms with van der Waals surface area (Å²) in [5.41, 5.74) is 1.43. The Labute approximate surface area is 153 Å². The predicted octanol–water partition coefficient (Wildman–Crippen LogP) is 4.89. The Morgan fingerprint density at radius 2 is 1.92 bits per heavy atom. The number of halogens is 2. The third-order valence-electron chi connectivity index (χ3n) is 3.48. The second kappa shape index (κ2) is 7.46. The van der Waals surface area contributed by atoms with Crippen LogP contribution < -0.4 is 5.32 Å². The van der Waals surface area contributed by atoms with Crippen LogP contribution in [-0.2, 0) is 0 Å². The van der Waals surface area contributed by atoms with Gasteiger partial charge in [-0.3, -0.25) is 15.1 Å². The first-order valence-corrected chi connectivity index (χ1v) is 8.03. The quantitative estimate of drug-likeness (QED) is 0.507. The molecule has 0 spiro atoms. The lowest BCUT2D eigenvalue weighted by Crippen LogP contribution is -2.15. The highest BCUT2D eigenvalue weighted by Crippen LogP contribution is 2.31. The average Bonchev–Trinajstić information content (AvgIpc) is 2.61. The van der Waals surface area contributed by atoms with E-state index in [0.29, 0.717) is 10.8 Å². The molecular weight excluding hydrogens is 363 g/mol. The van der Waals surface area contributed by atoms with Crippen LogP contribution in [0.3, 0.4) is 0 Å². The van der Waals surface area contributed by atoms with E-state index in [2.05, 4.69) is 15.3 Å². The Hall–Kier alpha value is -2.70. The molecule has 0 bridgehead atoms. The molecule has 1 unspecified atom stereocenters. The van der Waals surface area contributed by atoms with Crippen molar-refractivity contribution in [1.82, 2.24) is 9.97 Å². The molecule has 0 aliphatic carbocycles. The van der Waals surface area contributed by atoms with Crippen molar-refractivity contribution in [3.8, 4) is 0 Å². The van der Waals surface area contributed by atoms with E-state index >= 15 is 0 Å². The second-order valence-corrected chi connectivity index (χ2v) is 6.01. The molecule has 0 radical (unpaired) electrons. The molecule has 0 aliphatic rings. The predicted molar refractivity (Wildman–Crippen MR) is 97.1 cm³/mol. The lowest BCUT2D eigenvalue weighted by Gasteiger charge is -2.20. The number of nitrogens with zero attached hydrogens (tertiary/aromatic N) is 3. The Morgan fingerprint density at radius 3 is 2.56 bits per heavy atom. The first-order valence-electron chi connectivity index (χ1n) is 7.27. The van der Waals surface area contributed by atoms with E-state index in [1.807, 2.05) is 36.4 Å². The van der Waals surface area contributed by atoms with Crippen LogP contribution in [0.4, 0.5) is 11.5 Å². The third-order valence-corrected chi connectivity index (χ3v) is 4.01. The first kappa shape index (κ1) is 17.1. The molecule has 1 N–H and O–H groups in total. The largest absolute Gasteiger partial charge is 0.356 e. The molecule has 8 heteroatoms. The number of nitrogens with one attached hydrogen (secondary N) is 1.